The van der Waals surface area contributed by atoms with Gasteiger partial charge in [0.05, 0.1) is 18.2 Å². The van der Waals surface area contributed by atoms with Crippen molar-refractivity contribution in [2.24, 2.45) is 5.92 Å². The highest BCUT2D eigenvalue weighted by Crippen LogP contribution is 2.22. The Balaban J connectivity index is 1.98. The minimum atomic E-state index is 0.0119. The van der Waals surface area contributed by atoms with Gasteiger partial charge in [-0.2, -0.15) is 0 Å². The van der Waals surface area contributed by atoms with Gasteiger partial charge in [0.2, 0.25) is 5.91 Å². The van der Waals surface area contributed by atoms with E-state index in [0.717, 1.165) is 26.0 Å². The lowest BCUT2D eigenvalue weighted by Crippen LogP contribution is -2.50. The van der Waals surface area contributed by atoms with Gasteiger partial charge in [-0.1, -0.05) is 6.92 Å². The number of hydrogen-bond donors (Lipinski definition) is 1. The first kappa shape index (κ1) is 11.9. The summed E-state index contributed by atoms with van der Waals surface area (Å²) >= 11 is 0. The van der Waals surface area contributed by atoms with Crippen LogP contribution in [0.4, 0.5) is 0 Å². The van der Waals surface area contributed by atoms with Gasteiger partial charge in [0.1, 0.15) is 0 Å². The van der Waals surface area contributed by atoms with E-state index in [2.05, 4.69) is 12.2 Å². The van der Waals surface area contributed by atoms with Crippen LogP contribution in [0.25, 0.3) is 0 Å². The molecule has 0 aromatic carbocycles. The summed E-state index contributed by atoms with van der Waals surface area (Å²) in [5, 5.41) is 3.29. The predicted octanol–water partition coefficient (Wildman–Crippen LogP) is 0.620. The Morgan fingerprint density at radius 1 is 1.38 bits per heavy atom. The van der Waals surface area contributed by atoms with Gasteiger partial charge in [-0.05, 0) is 32.2 Å². The fraction of sp³-hybridized carbons (Fsp3) is 0.917. The zero-order chi connectivity index (χ0) is 11.7. The Morgan fingerprint density at radius 3 is 2.62 bits per heavy atom. The topological polar surface area (TPSA) is 41.6 Å². The highest BCUT2D eigenvalue weighted by Gasteiger charge is 2.37. The van der Waals surface area contributed by atoms with Crippen molar-refractivity contribution in [3.63, 3.8) is 0 Å². The number of amides is 1. The number of likely N-dealkylation sites (N-methyl/N-ethyl adjacent to an activating group) is 1. The maximum absolute atomic E-state index is 12.3. The van der Waals surface area contributed by atoms with E-state index < -0.39 is 0 Å². The van der Waals surface area contributed by atoms with E-state index in [9.17, 15) is 4.79 Å². The van der Waals surface area contributed by atoms with Crippen molar-refractivity contribution >= 4 is 5.91 Å². The van der Waals surface area contributed by atoms with Crippen molar-refractivity contribution in [2.45, 2.75) is 44.9 Å². The minimum Gasteiger partial charge on any atom is -0.376 e. The quantitative estimate of drug-likeness (QED) is 0.750. The summed E-state index contributed by atoms with van der Waals surface area (Å²) in [5.74, 6) is 0.680. The molecule has 4 atom stereocenters. The number of hydrogen-bond acceptors (Lipinski definition) is 3. The molecule has 0 spiro atoms. The molecular weight excluding hydrogens is 204 g/mol. The summed E-state index contributed by atoms with van der Waals surface area (Å²) in [5.41, 5.74) is 0. The maximum atomic E-state index is 12.3. The highest BCUT2D eigenvalue weighted by atomic mass is 16.5. The molecule has 92 valence electrons. The van der Waals surface area contributed by atoms with E-state index in [1.165, 1.54) is 0 Å². The molecule has 0 saturated carbocycles. The lowest BCUT2D eigenvalue weighted by atomic mass is 10.0. The number of carbonyl (C=O) groups is 1. The molecule has 4 heteroatoms. The molecule has 2 rings (SSSR count). The third-order valence-corrected chi connectivity index (χ3v) is 3.98. The molecule has 2 saturated heterocycles. The molecular formula is C12H22N2O2. The summed E-state index contributed by atoms with van der Waals surface area (Å²) in [4.78, 5) is 14.2. The molecule has 2 fully saturated rings. The number of nitrogens with zero attached hydrogens (tertiary/aromatic N) is 1. The van der Waals surface area contributed by atoms with Crippen LogP contribution in [0, 0.1) is 5.92 Å². The van der Waals surface area contributed by atoms with Crippen LogP contribution < -0.4 is 5.32 Å². The molecule has 4 unspecified atom stereocenters. The Labute approximate surface area is 97.3 Å². The van der Waals surface area contributed by atoms with Crippen molar-refractivity contribution in [1.82, 2.24) is 10.2 Å². The van der Waals surface area contributed by atoms with Crippen LogP contribution in [0.2, 0.25) is 0 Å². The Kier molecular flexibility index (Phi) is 3.50. The fourth-order valence-electron chi connectivity index (χ4n) is 2.78. The van der Waals surface area contributed by atoms with Gasteiger partial charge in [-0.3, -0.25) is 4.79 Å². The van der Waals surface area contributed by atoms with Gasteiger partial charge in [0.15, 0.2) is 0 Å². The van der Waals surface area contributed by atoms with Crippen LogP contribution in [-0.2, 0) is 9.53 Å². The van der Waals surface area contributed by atoms with E-state index in [1.54, 1.807) is 0 Å². The van der Waals surface area contributed by atoms with Crippen molar-refractivity contribution in [1.29, 1.82) is 0 Å². The van der Waals surface area contributed by atoms with Crippen molar-refractivity contribution in [3.8, 4) is 0 Å². The molecule has 0 bridgehead atoms. The average molecular weight is 226 g/mol. The van der Waals surface area contributed by atoms with E-state index in [4.69, 9.17) is 4.74 Å². The second-order valence-electron chi connectivity index (χ2n) is 5.08. The normalized spacial score (nSPS) is 38.9. The molecule has 2 aliphatic rings. The second kappa shape index (κ2) is 4.72. The molecule has 0 aromatic rings. The monoisotopic (exact) mass is 226 g/mol. The summed E-state index contributed by atoms with van der Waals surface area (Å²) in [6.07, 6.45) is 2.23. The maximum Gasteiger partial charge on any atom is 0.240 e. The largest absolute Gasteiger partial charge is 0.376 e. The van der Waals surface area contributed by atoms with Gasteiger partial charge < -0.3 is 15.0 Å². The fourth-order valence-corrected chi connectivity index (χ4v) is 2.78. The first-order valence-corrected chi connectivity index (χ1v) is 6.23. The van der Waals surface area contributed by atoms with Gasteiger partial charge >= 0.3 is 0 Å². The van der Waals surface area contributed by atoms with Crippen LogP contribution in [0.5, 0.6) is 0 Å². The van der Waals surface area contributed by atoms with Gasteiger partial charge in [-0.25, -0.2) is 0 Å². The standard InChI is InChI=1S/C12H22N2O2/c1-8-4-6-13-11(8)12(15)14(3)10-5-7-16-9(10)2/h8-11,13H,4-7H2,1-3H3. The molecule has 0 aromatic heterocycles. The van der Waals surface area contributed by atoms with Crippen LogP contribution in [0.3, 0.4) is 0 Å². The van der Waals surface area contributed by atoms with E-state index in [1.807, 2.05) is 18.9 Å². The van der Waals surface area contributed by atoms with Crippen molar-refractivity contribution < 1.29 is 9.53 Å². The molecule has 2 aliphatic heterocycles. The summed E-state index contributed by atoms with van der Waals surface area (Å²) in [6.45, 7) is 5.93. The molecule has 1 amide bonds. The Morgan fingerprint density at radius 2 is 2.12 bits per heavy atom. The number of ether oxygens (including phenoxy) is 1. The highest BCUT2D eigenvalue weighted by molar-refractivity contribution is 5.82. The van der Waals surface area contributed by atoms with Crippen LogP contribution in [0.15, 0.2) is 0 Å². The van der Waals surface area contributed by atoms with E-state index in [-0.39, 0.29) is 24.1 Å². The van der Waals surface area contributed by atoms with Gasteiger partial charge in [0.25, 0.3) is 0 Å². The molecule has 0 aliphatic carbocycles. The Bertz CT molecular complexity index is 270. The number of rotatable bonds is 2. The lowest BCUT2D eigenvalue weighted by molar-refractivity contribution is -0.135. The lowest BCUT2D eigenvalue weighted by Gasteiger charge is -2.30. The van der Waals surface area contributed by atoms with E-state index >= 15 is 0 Å². The van der Waals surface area contributed by atoms with Crippen LogP contribution >= 0.6 is 0 Å². The van der Waals surface area contributed by atoms with Crippen LogP contribution in [0.1, 0.15) is 26.7 Å². The van der Waals surface area contributed by atoms with Gasteiger partial charge in [-0.15, -0.1) is 0 Å². The smallest absolute Gasteiger partial charge is 0.240 e. The summed E-state index contributed by atoms with van der Waals surface area (Å²) < 4.78 is 5.51. The molecule has 4 nitrogen and oxygen atoms in total. The number of nitrogens with one attached hydrogen (secondary N) is 1. The summed E-state index contributed by atoms with van der Waals surface area (Å²) in [6, 6.07) is 0.264. The first-order valence-electron chi connectivity index (χ1n) is 6.23. The first-order chi connectivity index (χ1) is 7.61. The van der Waals surface area contributed by atoms with Crippen molar-refractivity contribution in [2.75, 3.05) is 20.2 Å². The zero-order valence-electron chi connectivity index (χ0n) is 10.4. The molecule has 0 radical (unpaired) electrons. The SMILES string of the molecule is CC1CCNC1C(=O)N(C)C1CCOC1C. The number of carbonyl (C=O) groups excluding carboxylic acids is 1. The van der Waals surface area contributed by atoms with Crippen LogP contribution in [-0.4, -0.2) is 49.2 Å². The third-order valence-electron chi connectivity index (χ3n) is 3.98. The average Bonchev–Trinajstić information content (AvgIpc) is 2.85. The predicted molar refractivity (Wildman–Crippen MR) is 62.2 cm³/mol. The van der Waals surface area contributed by atoms with Crippen molar-refractivity contribution in [3.05, 3.63) is 0 Å². The zero-order valence-corrected chi connectivity index (χ0v) is 10.4. The van der Waals surface area contributed by atoms with E-state index in [0.29, 0.717) is 5.92 Å². The third kappa shape index (κ3) is 2.09. The Hall–Kier alpha value is -0.610. The molecule has 2 heterocycles. The van der Waals surface area contributed by atoms with Gasteiger partial charge in [0, 0.05) is 13.7 Å². The summed E-state index contributed by atoms with van der Waals surface area (Å²) in [7, 11) is 1.91. The molecule has 1 N–H and O–H groups in total. The minimum absolute atomic E-state index is 0.0119. The molecule has 16 heavy (non-hydrogen) atoms. The second-order valence-corrected chi connectivity index (χ2v) is 5.08.